The Morgan fingerprint density at radius 2 is 2.07 bits per heavy atom. The molecule has 2 aromatic carbocycles. The van der Waals surface area contributed by atoms with E-state index >= 15 is 0 Å². The maximum atomic E-state index is 12.9. The second-order valence-electron chi connectivity index (χ2n) is 6.46. The molecule has 5 nitrogen and oxygen atoms in total. The number of aryl methyl sites for hydroxylation is 1. The first kappa shape index (κ1) is 20.6. The summed E-state index contributed by atoms with van der Waals surface area (Å²) in [5.74, 6) is 1.31. The molecule has 0 unspecified atom stereocenters. The number of ether oxygens (including phenoxy) is 1. The number of carbonyl (C=O) groups excluding carboxylic acids is 1. The Hall–Kier alpha value is -2.68. The van der Waals surface area contributed by atoms with Crippen molar-refractivity contribution in [2.75, 3.05) is 12.4 Å². The number of anilines is 1. The topological polar surface area (TPSA) is 64.1 Å². The maximum absolute atomic E-state index is 12.9. The number of amides is 1. The highest BCUT2D eigenvalue weighted by atomic mass is 32.2. The lowest BCUT2D eigenvalue weighted by Gasteiger charge is -2.08. The third-order valence-electron chi connectivity index (χ3n) is 4.35. The first-order valence-electron chi connectivity index (χ1n) is 9.15. The van der Waals surface area contributed by atoms with Crippen molar-refractivity contribution in [3.63, 3.8) is 0 Å². The van der Waals surface area contributed by atoms with Crippen LogP contribution in [0, 0.1) is 6.92 Å². The van der Waals surface area contributed by atoms with E-state index in [9.17, 15) is 4.79 Å². The largest absolute Gasteiger partial charge is 0.496 e. The molecule has 0 atom stereocenters. The van der Waals surface area contributed by atoms with E-state index < -0.39 is 0 Å². The van der Waals surface area contributed by atoms with Gasteiger partial charge in [-0.1, -0.05) is 23.8 Å². The molecule has 2 heterocycles. The van der Waals surface area contributed by atoms with Crippen LogP contribution in [-0.4, -0.2) is 23.0 Å². The summed E-state index contributed by atoms with van der Waals surface area (Å²) in [5.41, 5.74) is 6.27. The zero-order valence-electron chi connectivity index (χ0n) is 16.4. The summed E-state index contributed by atoms with van der Waals surface area (Å²) in [5, 5.41) is 7.43. The van der Waals surface area contributed by atoms with Gasteiger partial charge in [0.25, 0.3) is 5.91 Å². The van der Waals surface area contributed by atoms with Crippen LogP contribution in [0.25, 0.3) is 11.3 Å². The average molecular weight is 454 g/mol. The van der Waals surface area contributed by atoms with Crippen LogP contribution in [0.15, 0.2) is 63.6 Å². The monoisotopic (exact) mass is 453 g/mol. The van der Waals surface area contributed by atoms with E-state index in [1.165, 1.54) is 11.3 Å². The molecular formula is C22H19N3O2S3. The Morgan fingerprint density at radius 3 is 2.87 bits per heavy atom. The minimum absolute atomic E-state index is 0.173. The quantitative estimate of drug-likeness (QED) is 0.341. The molecule has 0 saturated heterocycles. The minimum Gasteiger partial charge on any atom is -0.496 e. The van der Waals surface area contributed by atoms with Crippen LogP contribution in [0.4, 0.5) is 5.13 Å². The summed E-state index contributed by atoms with van der Waals surface area (Å²) in [6.45, 7) is 2.03. The SMILES string of the molecule is COc1ccc(C)cc1-c1csc(NC(=O)c2ccccc2SCc2cscn2)n1. The molecule has 4 rings (SSSR count). The number of thioether (sulfide) groups is 1. The summed E-state index contributed by atoms with van der Waals surface area (Å²) in [7, 11) is 1.64. The number of methoxy groups -OCH3 is 1. The van der Waals surface area contributed by atoms with E-state index in [2.05, 4.69) is 15.3 Å². The fraction of sp³-hybridized carbons (Fsp3) is 0.136. The molecule has 2 aromatic heterocycles. The number of rotatable bonds is 7. The van der Waals surface area contributed by atoms with Crippen LogP contribution in [0.3, 0.4) is 0 Å². The van der Waals surface area contributed by atoms with Gasteiger partial charge in [-0.3, -0.25) is 10.1 Å². The minimum atomic E-state index is -0.173. The highest BCUT2D eigenvalue weighted by molar-refractivity contribution is 7.98. The van der Waals surface area contributed by atoms with E-state index in [4.69, 9.17) is 4.74 Å². The van der Waals surface area contributed by atoms with E-state index in [-0.39, 0.29) is 5.91 Å². The van der Waals surface area contributed by atoms with Crippen molar-refractivity contribution < 1.29 is 9.53 Å². The molecule has 0 aliphatic rings. The molecule has 0 fully saturated rings. The number of hydrogen-bond donors (Lipinski definition) is 1. The van der Waals surface area contributed by atoms with Crippen molar-refractivity contribution in [3.05, 3.63) is 75.6 Å². The Bertz CT molecular complexity index is 1160. The molecule has 152 valence electrons. The fourth-order valence-corrected chi connectivity index (χ4v) is 5.20. The first-order chi connectivity index (χ1) is 14.6. The van der Waals surface area contributed by atoms with Crippen LogP contribution in [0.5, 0.6) is 5.75 Å². The summed E-state index contributed by atoms with van der Waals surface area (Å²) in [6.07, 6.45) is 0. The lowest BCUT2D eigenvalue weighted by atomic mass is 10.1. The van der Waals surface area contributed by atoms with Gasteiger partial charge in [0, 0.05) is 27.0 Å². The van der Waals surface area contributed by atoms with Gasteiger partial charge in [-0.2, -0.15) is 0 Å². The van der Waals surface area contributed by atoms with Crippen LogP contribution in [-0.2, 0) is 5.75 Å². The highest BCUT2D eigenvalue weighted by Crippen LogP contribution is 2.33. The molecule has 30 heavy (non-hydrogen) atoms. The predicted molar refractivity (Wildman–Crippen MR) is 125 cm³/mol. The number of benzene rings is 2. The zero-order chi connectivity index (χ0) is 20.9. The maximum Gasteiger partial charge on any atom is 0.258 e. The third kappa shape index (κ3) is 4.72. The van der Waals surface area contributed by atoms with Crippen molar-refractivity contribution >= 4 is 45.5 Å². The zero-order valence-corrected chi connectivity index (χ0v) is 18.9. The molecule has 0 aliphatic heterocycles. The lowest BCUT2D eigenvalue weighted by Crippen LogP contribution is -2.12. The standard InChI is InChI=1S/C22H19N3O2S3/c1-14-7-8-19(27-2)17(9-14)18-12-30-22(24-18)25-21(26)16-5-3-4-6-20(16)29-11-15-10-28-13-23-15/h3-10,12-13H,11H2,1-2H3,(H,24,25,26). The van der Waals surface area contributed by atoms with Crippen molar-refractivity contribution in [2.24, 2.45) is 0 Å². The normalized spacial score (nSPS) is 10.7. The van der Waals surface area contributed by atoms with Crippen molar-refractivity contribution in [3.8, 4) is 17.0 Å². The van der Waals surface area contributed by atoms with Gasteiger partial charge in [0.05, 0.1) is 29.6 Å². The van der Waals surface area contributed by atoms with Crippen LogP contribution in [0.1, 0.15) is 21.6 Å². The third-order valence-corrected chi connectivity index (χ3v) is 6.85. The molecule has 0 aliphatic carbocycles. The predicted octanol–water partition coefficient (Wildman–Crippen LogP) is 6.13. The van der Waals surface area contributed by atoms with E-state index in [1.807, 2.05) is 65.7 Å². The average Bonchev–Trinajstić information content (AvgIpc) is 3.44. The van der Waals surface area contributed by atoms with E-state index in [1.54, 1.807) is 30.2 Å². The van der Waals surface area contributed by atoms with Gasteiger partial charge < -0.3 is 4.74 Å². The van der Waals surface area contributed by atoms with E-state index in [0.29, 0.717) is 10.7 Å². The number of aromatic nitrogens is 2. The van der Waals surface area contributed by atoms with Crippen molar-refractivity contribution in [1.82, 2.24) is 9.97 Å². The van der Waals surface area contributed by atoms with Gasteiger partial charge in [0.15, 0.2) is 5.13 Å². The molecule has 0 bridgehead atoms. The van der Waals surface area contributed by atoms with Gasteiger partial charge in [-0.25, -0.2) is 9.97 Å². The van der Waals surface area contributed by atoms with Crippen LogP contribution < -0.4 is 10.1 Å². The molecule has 0 saturated carbocycles. The van der Waals surface area contributed by atoms with Gasteiger partial charge in [-0.15, -0.1) is 34.4 Å². The number of thiazole rings is 2. The van der Waals surface area contributed by atoms with Gasteiger partial charge >= 0.3 is 0 Å². The fourth-order valence-electron chi connectivity index (χ4n) is 2.88. The molecule has 1 N–H and O–H groups in total. The molecular weight excluding hydrogens is 434 g/mol. The molecule has 8 heteroatoms. The smallest absolute Gasteiger partial charge is 0.258 e. The second-order valence-corrected chi connectivity index (χ2v) is 9.05. The van der Waals surface area contributed by atoms with Gasteiger partial charge in [0.2, 0.25) is 0 Å². The molecule has 0 radical (unpaired) electrons. The molecule has 0 spiro atoms. The van der Waals surface area contributed by atoms with Crippen molar-refractivity contribution in [1.29, 1.82) is 0 Å². The van der Waals surface area contributed by atoms with Crippen LogP contribution >= 0.6 is 34.4 Å². The number of nitrogens with one attached hydrogen (secondary N) is 1. The summed E-state index contributed by atoms with van der Waals surface area (Å²) >= 11 is 4.57. The van der Waals surface area contributed by atoms with E-state index in [0.717, 1.165) is 38.9 Å². The van der Waals surface area contributed by atoms with Gasteiger partial charge in [0.1, 0.15) is 5.75 Å². The summed E-state index contributed by atoms with van der Waals surface area (Å²) < 4.78 is 5.46. The van der Waals surface area contributed by atoms with Gasteiger partial charge in [-0.05, 0) is 31.2 Å². The lowest BCUT2D eigenvalue weighted by molar-refractivity contribution is 0.102. The summed E-state index contributed by atoms with van der Waals surface area (Å²) in [4.78, 5) is 22.7. The molecule has 4 aromatic rings. The first-order valence-corrected chi connectivity index (χ1v) is 12.0. The Kier molecular flexibility index (Phi) is 6.47. The number of nitrogens with zero attached hydrogens (tertiary/aromatic N) is 2. The Balaban J connectivity index is 1.51. The number of hydrogen-bond acceptors (Lipinski definition) is 7. The number of carbonyl (C=O) groups is 1. The Morgan fingerprint density at radius 1 is 1.20 bits per heavy atom. The molecule has 1 amide bonds. The Labute approximate surface area is 187 Å². The second kappa shape index (κ2) is 9.42. The van der Waals surface area contributed by atoms with Crippen LogP contribution in [0.2, 0.25) is 0 Å². The van der Waals surface area contributed by atoms with Crippen molar-refractivity contribution in [2.45, 2.75) is 17.6 Å². The highest BCUT2D eigenvalue weighted by Gasteiger charge is 2.15. The summed E-state index contributed by atoms with van der Waals surface area (Å²) in [6, 6.07) is 13.5.